The molecule has 1 saturated carbocycles. The van der Waals surface area contributed by atoms with Crippen molar-refractivity contribution in [3.05, 3.63) is 18.0 Å². The van der Waals surface area contributed by atoms with Gasteiger partial charge in [0.1, 0.15) is 0 Å². The van der Waals surface area contributed by atoms with Gasteiger partial charge >= 0.3 is 0 Å². The number of hydrogen-bond donors (Lipinski definition) is 2. The van der Waals surface area contributed by atoms with Gasteiger partial charge in [0.2, 0.25) is 5.91 Å². The van der Waals surface area contributed by atoms with Gasteiger partial charge in [-0.3, -0.25) is 9.89 Å². The average Bonchev–Trinajstić information content (AvgIpc) is 2.80. The highest BCUT2D eigenvalue weighted by Gasteiger charge is 2.29. The SMILES string of the molecule is O=C(NCc1ccn[nH]1)C1CC1. The molecule has 64 valence electrons. The third-order valence-electron chi connectivity index (χ3n) is 1.96. The second-order valence-corrected chi connectivity index (χ2v) is 3.07. The monoisotopic (exact) mass is 165 g/mol. The number of nitrogens with zero attached hydrogens (tertiary/aromatic N) is 1. The van der Waals surface area contributed by atoms with E-state index in [2.05, 4.69) is 15.5 Å². The summed E-state index contributed by atoms with van der Waals surface area (Å²) in [5.41, 5.74) is 0.948. The van der Waals surface area contributed by atoms with Crippen molar-refractivity contribution in [3.63, 3.8) is 0 Å². The van der Waals surface area contributed by atoms with E-state index in [9.17, 15) is 4.79 Å². The maximum atomic E-state index is 11.2. The summed E-state index contributed by atoms with van der Waals surface area (Å²) < 4.78 is 0. The lowest BCUT2D eigenvalue weighted by atomic mass is 10.3. The first-order valence-corrected chi connectivity index (χ1v) is 4.12. The maximum absolute atomic E-state index is 11.2. The fourth-order valence-electron chi connectivity index (χ4n) is 1.06. The topological polar surface area (TPSA) is 57.8 Å². The first kappa shape index (κ1) is 7.34. The minimum atomic E-state index is 0.171. The van der Waals surface area contributed by atoms with Crippen LogP contribution >= 0.6 is 0 Å². The minimum absolute atomic E-state index is 0.171. The van der Waals surface area contributed by atoms with E-state index in [1.807, 2.05) is 6.07 Å². The van der Waals surface area contributed by atoms with E-state index < -0.39 is 0 Å². The number of nitrogens with one attached hydrogen (secondary N) is 2. The van der Waals surface area contributed by atoms with Gasteiger partial charge in [0.25, 0.3) is 0 Å². The van der Waals surface area contributed by atoms with Crippen molar-refractivity contribution in [2.24, 2.45) is 5.92 Å². The molecule has 12 heavy (non-hydrogen) atoms. The smallest absolute Gasteiger partial charge is 0.223 e. The third kappa shape index (κ3) is 1.64. The molecular weight excluding hydrogens is 154 g/mol. The van der Waals surface area contributed by atoms with Gasteiger partial charge in [0, 0.05) is 12.1 Å². The lowest BCUT2D eigenvalue weighted by molar-refractivity contribution is -0.122. The summed E-state index contributed by atoms with van der Waals surface area (Å²) in [5.74, 6) is 0.456. The van der Waals surface area contributed by atoms with Crippen LogP contribution in [0.15, 0.2) is 12.3 Å². The Hall–Kier alpha value is -1.32. The highest BCUT2D eigenvalue weighted by Crippen LogP contribution is 2.28. The number of hydrogen-bond acceptors (Lipinski definition) is 2. The van der Waals surface area contributed by atoms with Crippen molar-refractivity contribution in [2.75, 3.05) is 0 Å². The van der Waals surface area contributed by atoms with Crippen LogP contribution in [0.2, 0.25) is 0 Å². The second kappa shape index (κ2) is 2.97. The molecule has 0 aromatic carbocycles. The molecule has 4 heteroatoms. The molecule has 1 aromatic rings. The summed E-state index contributed by atoms with van der Waals surface area (Å²) in [7, 11) is 0. The molecule has 2 rings (SSSR count). The molecule has 1 aliphatic rings. The van der Waals surface area contributed by atoms with Crippen LogP contribution in [0, 0.1) is 5.92 Å². The fourth-order valence-corrected chi connectivity index (χ4v) is 1.06. The first-order valence-electron chi connectivity index (χ1n) is 4.12. The van der Waals surface area contributed by atoms with Gasteiger partial charge in [-0.25, -0.2) is 0 Å². The number of aromatic nitrogens is 2. The standard InChI is InChI=1S/C8H11N3O/c12-8(6-1-2-6)9-5-7-3-4-10-11-7/h3-4,6H,1-2,5H2,(H,9,12)(H,10,11). The van der Waals surface area contributed by atoms with Crippen molar-refractivity contribution in [3.8, 4) is 0 Å². The van der Waals surface area contributed by atoms with E-state index in [4.69, 9.17) is 0 Å². The third-order valence-corrected chi connectivity index (χ3v) is 1.96. The summed E-state index contributed by atoms with van der Waals surface area (Å²) in [6, 6.07) is 1.85. The van der Waals surface area contributed by atoms with E-state index in [1.54, 1.807) is 6.20 Å². The highest BCUT2D eigenvalue weighted by atomic mass is 16.2. The van der Waals surface area contributed by atoms with Crippen LogP contribution in [0.1, 0.15) is 18.5 Å². The average molecular weight is 165 g/mol. The van der Waals surface area contributed by atoms with E-state index in [0.29, 0.717) is 6.54 Å². The van der Waals surface area contributed by atoms with Gasteiger partial charge < -0.3 is 5.32 Å². The van der Waals surface area contributed by atoms with Crippen molar-refractivity contribution >= 4 is 5.91 Å². The van der Waals surface area contributed by atoms with Crippen LogP contribution < -0.4 is 5.32 Å². The number of aromatic amines is 1. The molecular formula is C8H11N3O. The van der Waals surface area contributed by atoms with Gasteiger partial charge in [-0.1, -0.05) is 0 Å². The molecule has 0 atom stereocenters. The first-order chi connectivity index (χ1) is 5.86. The van der Waals surface area contributed by atoms with E-state index in [0.717, 1.165) is 18.5 Å². The van der Waals surface area contributed by atoms with E-state index >= 15 is 0 Å². The van der Waals surface area contributed by atoms with E-state index in [-0.39, 0.29) is 11.8 Å². The number of H-pyrrole nitrogens is 1. The Morgan fingerprint density at radius 1 is 1.75 bits per heavy atom. The predicted octanol–water partition coefficient (Wildman–Crippen LogP) is 0.436. The van der Waals surface area contributed by atoms with Gasteiger partial charge in [0.05, 0.1) is 12.2 Å². The maximum Gasteiger partial charge on any atom is 0.223 e. The van der Waals surface area contributed by atoms with Crippen molar-refractivity contribution in [1.29, 1.82) is 0 Å². The summed E-state index contributed by atoms with van der Waals surface area (Å²) in [5, 5.41) is 9.41. The second-order valence-electron chi connectivity index (χ2n) is 3.07. The van der Waals surface area contributed by atoms with Gasteiger partial charge in [0.15, 0.2) is 0 Å². The zero-order valence-electron chi connectivity index (χ0n) is 6.71. The largest absolute Gasteiger partial charge is 0.350 e. The Bertz CT molecular complexity index is 264. The molecule has 1 amide bonds. The molecule has 1 heterocycles. The molecule has 1 fully saturated rings. The molecule has 2 N–H and O–H groups in total. The molecule has 0 unspecified atom stereocenters. The van der Waals surface area contributed by atoms with Crippen molar-refractivity contribution in [2.45, 2.75) is 19.4 Å². The zero-order chi connectivity index (χ0) is 8.39. The quantitative estimate of drug-likeness (QED) is 0.682. The lowest BCUT2D eigenvalue weighted by Gasteiger charge is -2.00. The van der Waals surface area contributed by atoms with E-state index in [1.165, 1.54) is 0 Å². The fraction of sp³-hybridized carbons (Fsp3) is 0.500. The number of amides is 1. The van der Waals surface area contributed by atoms with Gasteiger partial charge in [-0.15, -0.1) is 0 Å². The van der Waals surface area contributed by atoms with Crippen LogP contribution in [-0.4, -0.2) is 16.1 Å². The molecule has 0 spiro atoms. The van der Waals surface area contributed by atoms with Crippen LogP contribution in [-0.2, 0) is 11.3 Å². The molecule has 0 saturated heterocycles. The highest BCUT2D eigenvalue weighted by molar-refractivity contribution is 5.80. The Labute approximate surface area is 70.4 Å². The number of rotatable bonds is 3. The van der Waals surface area contributed by atoms with Gasteiger partial charge in [-0.05, 0) is 18.9 Å². The van der Waals surface area contributed by atoms with Crippen LogP contribution in [0.25, 0.3) is 0 Å². The van der Waals surface area contributed by atoms with Crippen molar-refractivity contribution in [1.82, 2.24) is 15.5 Å². The minimum Gasteiger partial charge on any atom is -0.350 e. The van der Waals surface area contributed by atoms with Crippen LogP contribution in [0.5, 0.6) is 0 Å². The lowest BCUT2D eigenvalue weighted by Crippen LogP contribution is -2.24. The Morgan fingerprint density at radius 2 is 2.58 bits per heavy atom. The summed E-state index contributed by atoms with van der Waals surface area (Å²) in [6.07, 6.45) is 3.78. The Morgan fingerprint density at radius 3 is 3.17 bits per heavy atom. The van der Waals surface area contributed by atoms with Crippen LogP contribution in [0.3, 0.4) is 0 Å². The Kier molecular flexibility index (Phi) is 1.81. The summed E-state index contributed by atoms with van der Waals surface area (Å²) in [6.45, 7) is 0.565. The molecule has 0 aliphatic heterocycles. The molecule has 4 nitrogen and oxygen atoms in total. The predicted molar refractivity (Wildman–Crippen MR) is 43.2 cm³/mol. The van der Waals surface area contributed by atoms with Crippen molar-refractivity contribution < 1.29 is 4.79 Å². The van der Waals surface area contributed by atoms with Gasteiger partial charge in [-0.2, -0.15) is 5.10 Å². The molecule has 1 aliphatic carbocycles. The number of carbonyl (C=O) groups excluding carboxylic acids is 1. The summed E-state index contributed by atoms with van der Waals surface area (Å²) in [4.78, 5) is 11.2. The molecule has 1 aromatic heterocycles. The van der Waals surface area contributed by atoms with Crippen LogP contribution in [0.4, 0.5) is 0 Å². The summed E-state index contributed by atoms with van der Waals surface area (Å²) >= 11 is 0. The molecule has 0 bridgehead atoms. The number of carbonyl (C=O) groups is 1. The Balaban J connectivity index is 1.78. The molecule has 0 radical (unpaired) electrons. The normalized spacial score (nSPS) is 16.0. The zero-order valence-corrected chi connectivity index (χ0v) is 6.71.